The van der Waals surface area contributed by atoms with E-state index in [4.69, 9.17) is 16.3 Å². The van der Waals surface area contributed by atoms with E-state index in [0.29, 0.717) is 12.1 Å². The van der Waals surface area contributed by atoms with E-state index in [9.17, 15) is 4.79 Å². The molecule has 1 saturated heterocycles. The molecule has 0 radical (unpaired) electrons. The lowest BCUT2D eigenvalue weighted by molar-refractivity contribution is 0.0933. The lowest BCUT2D eigenvalue weighted by Crippen LogP contribution is -2.38. The van der Waals surface area contributed by atoms with Crippen molar-refractivity contribution in [2.24, 2.45) is 0 Å². The number of likely N-dealkylation sites (tertiary alicyclic amines) is 1. The van der Waals surface area contributed by atoms with Gasteiger partial charge in [0.25, 0.3) is 5.91 Å². The van der Waals surface area contributed by atoms with E-state index >= 15 is 0 Å². The maximum atomic E-state index is 12.6. The quantitative estimate of drug-likeness (QED) is 0.782. The lowest BCUT2D eigenvalue weighted by atomic mass is 10.0. The van der Waals surface area contributed by atoms with Crippen molar-refractivity contribution >= 4 is 17.5 Å². The maximum absolute atomic E-state index is 12.6. The molecule has 1 atom stereocenters. The Balaban J connectivity index is 1.74. The Morgan fingerprint density at radius 1 is 1.07 bits per heavy atom. The minimum atomic E-state index is -0.0791. The predicted octanol–water partition coefficient (Wildman–Crippen LogP) is 4.70. The van der Waals surface area contributed by atoms with Crippen molar-refractivity contribution in [1.29, 1.82) is 0 Å². The smallest absolute Gasteiger partial charge is 0.251 e. The lowest BCUT2D eigenvalue weighted by Gasteiger charge is -2.31. The highest BCUT2D eigenvalue weighted by Crippen LogP contribution is 2.29. The number of halogens is 1. The molecule has 2 aromatic carbocycles. The molecule has 1 aliphatic rings. The summed E-state index contributed by atoms with van der Waals surface area (Å²) in [5.41, 5.74) is 1.71. The van der Waals surface area contributed by atoms with Gasteiger partial charge in [0.2, 0.25) is 0 Å². The highest BCUT2D eigenvalue weighted by molar-refractivity contribution is 6.31. The average Bonchev–Trinajstić information content (AvgIpc) is 2.99. The first kappa shape index (κ1) is 19.7. The third-order valence-electron chi connectivity index (χ3n) is 5.15. The van der Waals surface area contributed by atoms with Crippen molar-refractivity contribution < 1.29 is 9.53 Å². The molecular formula is C22H27ClN2O2. The minimum absolute atomic E-state index is 0.0791. The van der Waals surface area contributed by atoms with Crippen LogP contribution in [0.25, 0.3) is 0 Å². The fourth-order valence-corrected chi connectivity index (χ4v) is 3.88. The number of rotatable bonds is 6. The number of carbonyl (C=O) groups excluding carboxylic acids is 1. The van der Waals surface area contributed by atoms with Gasteiger partial charge < -0.3 is 10.1 Å². The summed E-state index contributed by atoms with van der Waals surface area (Å²) < 4.78 is 5.16. The number of nitrogens with zero attached hydrogens (tertiary/aromatic N) is 1. The normalized spacial score (nSPS) is 16.4. The summed E-state index contributed by atoms with van der Waals surface area (Å²) in [6, 6.07) is 15.2. The highest BCUT2D eigenvalue weighted by Gasteiger charge is 2.24. The van der Waals surface area contributed by atoms with Crippen LogP contribution in [-0.4, -0.2) is 37.6 Å². The van der Waals surface area contributed by atoms with Crippen LogP contribution in [0.5, 0.6) is 5.75 Å². The van der Waals surface area contributed by atoms with Gasteiger partial charge in [0.15, 0.2) is 0 Å². The van der Waals surface area contributed by atoms with Gasteiger partial charge in [-0.3, -0.25) is 9.69 Å². The number of hydrogen-bond donors (Lipinski definition) is 1. The van der Waals surface area contributed by atoms with Crippen molar-refractivity contribution in [2.45, 2.75) is 31.7 Å². The summed E-state index contributed by atoms with van der Waals surface area (Å²) in [4.78, 5) is 15.1. The molecule has 2 aromatic rings. The van der Waals surface area contributed by atoms with Gasteiger partial charge in [-0.1, -0.05) is 42.6 Å². The molecule has 1 N–H and O–H groups in total. The molecular weight excluding hydrogens is 360 g/mol. The van der Waals surface area contributed by atoms with E-state index in [1.807, 2.05) is 18.2 Å². The number of methoxy groups -OCH3 is 1. The molecule has 0 saturated carbocycles. The van der Waals surface area contributed by atoms with Gasteiger partial charge in [0, 0.05) is 17.1 Å². The Morgan fingerprint density at radius 2 is 1.74 bits per heavy atom. The van der Waals surface area contributed by atoms with Gasteiger partial charge in [0.05, 0.1) is 13.2 Å². The summed E-state index contributed by atoms with van der Waals surface area (Å²) in [6.07, 6.45) is 4.91. The Kier molecular flexibility index (Phi) is 7.13. The number of benzene rings is 2. The van der Waals surface area contributed by atoms with Gasteiger partial charge in [-0.25, -0.2) is 0 Å². The van der Waals surface area contributed by atoms with Crippen LogP contribution in [0.3, 0.4) is 0 Å². The third-order valence-corrected chi connectivity index (χ3v) is 5.50. The molecule has 0 bridgehead atoms. The second-order valence-electron chi connectivity index (χ2n) is 6.93. The number of hydrogen-bond acceptors (Lipinski definition) is 3. The van der Waals surface area contributed by atoms with Gasteiger partial charge in [-0.05, 0) is 61.8 Å². The van der Waals surface area contributed by atoms with Crippen LogP contribution in [0.4, 0.5) is 0 Å². The van der Waals surface area contributed by atoms with Crippen LogP contribution in [0.1, 0.15) is 47.6 Å². The molecule has 27 heavy (non-hydrogen) atoms. The Labute approximate surface area is 166 Å². The number of nitrogens with one attached hydrogen (secondary N) is 1. The summed E-state index contributed by atoms with van der Waals surface area (Å²) in [5, 5.41) is 3.85. The van der Waals surface area contributed by atoms with E-state index in [0.717, 1.165) is 29.4 Å². The fourth-order valence-electron chi connectivity index (χ4n) is 3.62. The summed E-state index contributed by atoms with van der Waals surface area (Å²) in [6.45, 7) is 2.61. The summed E-state index contributed by atoms with van der Waals surface area (Å²) in [5.74, 6) is 0.662. The zero-order valence-corrected chi connectivity index (χ0v) is 16.5. The Morgan fingerprint density at radius 3 is 2.37 bits per heavy atom. The zero-order chi connectivity index (χ0) is 19.1. The fraction of sp³-hybridized carbons (Fsp3) is 0.409. The second-order valence-corrected chi connectivity index (χ2v) is 7.33. The molecule has 0 spiro atoms. The van der Waals surface area contributed by atoms with Crippen molar-refractivity contribution in [1.82, 2.24) is 10.2 Å². The molecule has 0 unspecified atom stereocenters. The van der Waals surface area contributed by atoms with E-state index < -0.39 is 0 Å². The first-order chi connectivity index (χ1) is 13.2. The van der Waals surface area contributed by atoms with Gasteiger partial charge in [-0.2, -0.15) is 0 Å². The van der Waals surface area contributed by atoms with Crippen LogP contribution in [0.15, 0.2) is 48.5 Å². The van der Waals surface area contributed by atoms with Crippen molar-refractivity contribution in [2.75, 3.05) is 26.7 Å². The minimum Gasteiger partial charge on any atom is -0.497 e. The number of amides is 1. The van der Waals surface area contributed by atoms with Crippen molar-refractivity contribution in [3.63, 3.8) is 0 Å². The van der Waals surface area contributed by atoms with Gasteiger partial charge >= 0.3 is 0 Å². The van der Waals surface area contributed by atoms with Crippen LogP contribution in [0.2, 0.25) is 5.02 Å². The van der Waals surface area contributed by atoms with E-state index in [-0.39, 0.29) is 11.9 Å². The number of carbonyl (C=O) groups is 1. The number of ether oxygens (including phenoxy) is 1. The van der Waals surface area contributed by atoms with Crippen molar-refractivity contribution in [3.8, 4) is 5.75 Å². The first-order valence-corrected chi connectivity index (χ1v) is 9.97. The maximum Gasteiger partial charge on any atom is 0.251 e. The first-order valence-electron chi connectivity index (χ1n) is 9.60. The van der Waals surface area contributed by atoms with Gasteiger partial charge in [0.1, 0.15) is 5.75 Å². The molecule has 0 aromatic heterocycles. The molecule has 144 valence electrons. The van der Waals surface area contributed by atoms with E-state index in [1.165, 1.54) is 25.7 Å². The van der Waals surface area contributed by atoms with Crippen LogP contribution in [0, 0.1) is 0 Å². The summed E-state index contributed by atoms with van der Waals surface area (Å²) >= 11 is 6.49. The molecule has 4 nitrogen and oxygen atoms in total. The molecule has 5 heteroatoms. The van der Waals surface area contributed by atoms with Crippen LogP contribution in [-0.2, 0) is 0 Å². The monoisotopic (exact) mass is 386 g/mol. The molecule has 1 amide bonds. The SMILES string of the molecule is COc1ccc(C(=O)NC[C@@H](c2ccccc2Cl)N2CCCCCC2)cc1. The molecule has 1 heterocycles. The largest absolute Gasteiger partial charge is 0.497 e. The topological polar surface area (TPSA) is 41.6 Å². The Bertz CT molecular complexity index is 740. The van der Waals surface area contributed by atoms with E-state index in [2.05, 4.69) is 16.3 Å². The van der Waals surface area contributed by atoms with E-state index in [1.54, 1.807) is 31.4 Å². The zero-order valence-electron chi connectivity index (χ0n) is 15.8. The second kappa shape index (κ2) is 9.77. The van der Waals surface area contributed by atoms with Gasteiger partial charge in [-0.15, -0.1) is 0 Å². The van der Waals surface area contributed by atoms with Crippen LogP contribution >= 0.6 is 11.6 Å². The van der Waals surface area contributed by atoms with Crippen molar-refractivity contribution in [3.05, 3.63) is 64.7 Å². The summed E-state index contributed by atoms with van der Waals surface area (Å²) in [7, 11) is 1.62. The Hall–Kier alpha value is -2.04. The van der Waals surface area contributed by atoms with Crippen LogP contribution < -0.4 is 10.1 Å². The highest BCUT2D eigenvalue weighted by atomic mass is 35.5. The molecule has 1 aliphatic heterocycles. The third kappa shape index (κ3) is 5.24. The molecule has 1 fully saturated rings. The standard InChI is InChI=1S/C22H27ClN2O2/c1-27-18-12-10-17(11-13-18)22(26)24-16-21(19-8-4-5-9-20(19)23)25-14-6-2-3-7-15-25/h4-5,8-13,21H,2-3,6-7,14-16H2,1H3,(H,24,26)/t21-/m0/s1. The molecule has 3 rings (SSSR count). The average molecular weight is 387 g/mol. The predicted molar refractivity (Wildman–Crippen MR) is 110 cm³/mol. The molecule has 0 aliphatic carbocycles.